The molecule has 0 unspecified atom stereocenters. The first kappa shape index (κ1) is 34.3. The second kappa shape index (κ2) is 13.4. The molecule has 49 heavy (non-hydrogen) atoms. The minimum atomic E-state index is -4.76. The minimum absolute atomic E-state index is 0.0255. The number of likely N-dealkylation sites (N-methyl/N-ethyl adjacent to an activating group) is 1. The lowest BCUT2D eigenvalue weighted by Gasteiger charge is -2.33. The molecule has 1 aliphatic rings. The van der Waals surface area contributed by atoms with E-state index in [0.717, 1.165) is 6.07 Å². The van der Waals surface area contributed by atoms with Crippen LogP contribution in [0.4, 0.5) is 13.2 Å². The lowest BCUT2D eigenvalue weighted by Crippen LogP contribution is -2.44. The van der Waals surface area contributed by atoms with Crippen LogP contribution in [0.3, 0.4) is 0 Å². The van der Waals surface area contributed by atoms with Crippen LogP contribution in [-0.2, 0) is 19.3 Å². The van der Waals surface area contributed by atoms with E-state index in [1.807, 2.05) is 18.0 Å². The van der Waals surface area contributed by atoms with Gasteiger partial charge in [-0.1, -0.05) is 11.6 Å². The van der Waals surface area contributed by atoms with Crippen LogP contribution in [-0.4, -0.2) is 75.2 Å². The number of benzene rings is 2. The third-order valence-electron chi connectivity index (χ3n) is 8.62. The Morgan fingerprint density at radius 3 is 2.51 bits per heavy atom. The summed E-state index contributed by atoms with van der Waals surface area (Å²) in [6.45, 7) is 5.62. The summed E-state index contributed by atoms with van der Waals surface area (Å²) < 4.78 is 51.1. The van der Waals surface area contributed by atoms with Crippen molar-refractivity contribution >= 4 is 50.0 Å². The van der Waals surface area contributed by atoms with Crippen molar-refractivity contribution in [2.45, 2.75) is 33.1 Å². The molecule has 254 valence electrons. The van der Waals surface area contributed by atoms with Gasteiger partial charge in [0.25, 0.3) is 5.56 Å². The molecule has 1 fully saturated rings. The molecule has 6 rings (SSSR count). The highest BCUT2D eigenvalue weighted by Gasteiger charge is 2.37. The number of carboxylic acids is 1. The maximum absolute atomic E-state index is 14.3. The molecule has 2 aromatic carbocycles. The van der Waals surface area contributed by atoms with Crippen molar-refractivity contribution < 1.29 is 27.8 Å². The molecule has 0 atom stereocenters. The topological polar surface area (TPSA) is 125 Å². The van der Waals surface area contributed by atoms with E-state index in [9.17, 15) is 33.1 Å². The Balaban J connectivity index is 1.36. The fraction of sp³-hybridized carbons (Fsp3) is 0.324. The number of aromatic carboxylic acids is 1. The first-order valence-corrected chi connectivity index (χ1v) is 16.5. The second-order valence-corrected chi connectivity index (χ2v) is 13.2. The number of halogens is 4. The Hall–Kier alpha value is -4.55. The van der Waals surface area contributed by atoms with Gasteiger partial charge in [0.05, 0.1) is 44.4 Å². The van der Waals surface area contributed by atoms with Crippen molar-refractivity contribution in [3.63, 3.8) is 0 Å². The fourth-order valence-electron chi connectivity index (χ4n) is 6.12. The number of ether oxygens (including phenoxy) is 1. The van der Waals surface area contributed by atoms with Crippen molar-refractivity contribution in [3.05, 3.63) is 84.9 Å². The van der Waals surface area contributed by atoms with E-state index in [1.54, 1.807) is 31.2 Å². The molecule has 5 aromatic rings. The standard InChI is InChI=1S/C34H30ClF3N6O4S/c1-18-12-23(31-30(40-18)25(17-49-31)33(46)47)22-14-21(35)4-5-27(22)48-11-10-44-19(2)41-29-24(16-43-8-6-42(3)7-9-43)26(34(36,37)38)13-20(15-39)28(29)32(44)45/h4-5,12-14,17H,6-11,16H2,1-3H3,(H,46,47). The molecule has 10 nitrogen and oxygen atoms in total. The minimum Gasteiger partial charge on any atom is -0.491 e. The zero-order valence-electron chi connectivity index (χ0n) is 26.7. The molecule has 0 spiro atoms. The van der Waals surface area contributed by atoms with E-state index < -0.39 is 28.8 Å². The van der Waals surface area contributed by atoms with E-state index in [2.05, 4.69) is 14.9 Å². The Labute approximate surface area is 287 Å². The molecule has 3 aromatic heterocycles. The second-order valence-electron chi connectivity index (χ2n) is 11.9. The van der Waals surface area contributed by atoms with E-state index in [4.69, 9.17) is 16.3 Å². The molecular formula is C34H30ClF3N6O4S. The number of nitrogens with zero attached hydrogens (tertiary/aromatic N) is 6. The van der Waals surface area contributed by atoms with E-state index in [1.165, 1.54) is 28.2 Å². The number of aryl methyl sites for hydroxylation is 2. The Morgan fingerprint density at radius 2 is 1.84 bits per heavy atom. The fourth-order valence-corrected chi connectivity index (χ4v) is 7.31. The molecule has 0 radical (unpaired) electrons. The monoisotopic (exact) mass is 710 g/mol. The predicted octanol–water partition coefficient (Wildman–Crippen LogP) is 6.36. The van der Waals surface area contributed by atoms with Crippen LogP contribution in [0.5, 0.6) is 5.75 Å². The summed E-state index contributed by atoms with van der Waals surface area (Å²) in [6, 6.07) is 9.35. The van der Waals surface area contributed by atoms with E-state index in [-0.39, 0.29) is 47.6 Å². The van der Waals surface area contributed by atoms with Gasteiger partial charge < -0.3 is 14.7 Å². The number of piperazine rings is 1. The van der Waals surface area contributed by atoms with Gasteiger partial charge in [-0.25, -0.2) is 9.78 Å². The van der Waals surface area contributed by atoms with Crippen molar-refractivity contribution in [3.8, 4) is 22.9 Å². The molecule has 15 heteroatoms. The number of hydrogen-bond acceptors (Lipinski definition) is 9. The van der Waals surface area contributed by atoms with Gasteiger partial charge in [-0.05, 0) is 51.2 Å². The number of nitriles is 1. The lowest BCUT2D eigenvalue weighted by molar-refractivity contribution is -0.138. The molecule has 0 saturated carbocycles. The lowest BCUT2D eigenvalue weighted by atomic mass is 9.97. The molecule has 1 N–H and O–H groups in total. The molecule has 4 heterocycles. The molecule has 1 aliphatic heterocycles. The Bertz CT molecular complexity index is 2220. The summed E-state index contributed by atoms with van der Waals surface area (Å²) >= 11 is 7.60. The summed E-state index contributed by atoms with van der Waals surface area (Å²) in [5.74, 6) is -0.516. The quantitative estimate of drug-likeness (QED) is 0.196. The van der Waals surface area contributed by atoms with Crippen molar-refractivity contribution in [2.24, 2.45) is 0 Å². The van der Waals surface area contributed by atoms with Gasteiger partial charge in [0.2, 0.25) is 0 Å². The average Bonchev–Trinajstić information content (AvgIpc) is 3.47. The highest BCUT2D eigenvalue weighted by molar-refractivity contribution is 7.18. The summed E-state index contributed by atoms with van der Waals surface area (Å²) in [4.78, 5) is 38.7. The normalized spacial score (nSPS) is 14.4. The van der Waals surface area contributed by atoms with Crippen LogP contribution in [0, 0.1) is 25.2 Å². The third-order valence-corrected chi connectivity index (χ3v) is 9.86. The number of alkyl halides is 3. The molecular weight excluding hydrogens is 681 g/mol. The van der Waals surface area contributed by atoms with Gasteiger partial charge in [0.1, 0.15) is 24.3 Å². The van der Waals surface area contributed by atoms with Gasteiger partial charge in [0.15, 0.2) is 0 Å². The summed E-state index contributed by atoms with van der Waals surface area (Å²) in [5.41, 5.74) is 0.0117. The van der Waals surface area contributed by atoms with Crippen molar-refractivity contribution in [1.29, 1.82) is 5.26 Å². The SMILES string of the molecule is Cc1cc(-c2cc(Cl)ccc2OCCn2c(C)nc3c(CN4CCN(C)CC4)c(C(F)(F)F)cc(C#N)c3c2=O)c2scc(C(=O)O)c2n1. The third kappa shape index (κ3) is 6.71. The number of rotatable bonds is 8. The molecule has 0 bridgehead atoms. The van der Waals surface area contributed by atoms with Crippen LogP contribution < -0.4 is 10.3 Å². The summed E-state index contributed by atoms with van der Waals surface area (Å²) in [6.07, 6.45) is -4.76. The Morgan fingerprint density at radius 1 is 1.10 bits per heavy atom. The van der Waals surface area contributed by atoms with Crippen LogP contribution in [0.15, 0.2) is 40.5 Å². The zero-order chi connectivity index (χ0) is 35.2. The zero-order valence-corrected chi connectivity index (χ0v) is 28.3. The van der Waals surface area contributed by atoms with Crippen LogP contribution in [0.2, 0.25) is 5.02 Å². The summed E-state index contributed by atoms with van der Waals surface area (Å²) in [7, 11) is 1.94. The highest BCUT2D eigenvalue weighted by Crippen LogP contribution is 2.41. The maximum atomic E-state index is 14.3. The van der Waals surface area contributed by atoms with Crippen LogP contribution in [0.25, 0.3) is 32.2 Å². The van der Waals surface area contributed by atoms with Crippen molar-refractivity contribution in [2.75, 3.05) is 39.8 Å². The first-order chi connectivity index (χ1) is 23.3. The van der Waals surface area contributed by atoms with Gasteiger partial charge >= 0.3 is 12.1 Å². The van der Waals surface area contributed by atoms with Gasteiger partial charge in [-0.3, -0.25) is 19.2 Å². The van der Waals surface area contributed by atoms with Crippen LogP contribution in [0.1, 0.15) is 38.6 Å². The number of carbonyl (C=O) groups is 1. The molecule has 0 aliphatic carbocycles. The highest BCUT2D eigenvalue weighted by atomic mass is 35.5. The smallest absolute Gasteiger partial charge is 0.416 e. The number of aromatic nitrogens is 3. The van der Waals surface area contributed by atoms with Gasteiger partial charge in [-0.2, -0.15) is 18.4 Å². The van der Waals surface area contributed by atoms with E-state index >= 15 is 0 Å². The number of carboxylic acid groups (broad SMARTS) is 1. The van der Waals surface area contributed by atoms with Gasteiger partial charge in [-0.15, -0.1) is 11.3 Å². The number of thiophene rings is 1. The Kier molecular flexibility index (Phi) is 9.38. The largest absolute Gasteiger partial charge is 0.491 e. The molecule has 0 amide bonds. The van der Waals surface area contributed by atoms with Crippen molar-refractivity contribution in [1.82, 2.24) is 24.3 Å². The van der Waals surface area contributed by atoms with E-state index in [0.29, 0.717) is 64.0 Å². The molecule has 1 saturated heterocycles. The predicted molar refractivity (Wildman–Crippen MR) is 180 cm³/mol. The van der Waals surface area contributed by atoms with Crippen LogP contribution >= 0.6 is 22.9 Å². The van der Waals surface area contributed by atoms with Gasteiger partial charge in [0, 0.05) is 65.5 Å². The number of hydrogen-bond donors (Lipinski definition) is 1. The average molecular weight is 711 g/mol. The number of pyridine rings is 1. The maximum Gasteiger partial charge on any atom is 0.416 e. The summed E-state index contributed by atoms with van der Waals surface area (Å²) in [5, 5.41) is 21.3. The number of fused-ring (bicyclic) bond motifs is 2. The first-order valence-electron chi connectivity index (χ1n) is 15.3.